The van der Waals surface area contributed by atoms with E-state index >= 15 is 0 Å². The lowest BCUT2D eigenvalue weighted by molar-refractivity contribution is 0.0964. The third kappa shape index (κ3) is 4.89. The van der Waals surface area contributed by atoms with Crippen molar-refractivity contribution in [3.05, 3.63) is 46.9 Å². The number of carbonyl (C=O) groups is 1. The number of amides is 1. The Morgan fingerprint density at radius 1 is 1.34 bits per heavy atom. The molecular weight excluding hydrogens is 436 g/mol. The van der Waals surface area contributed by atoms with Gasteiger partial charge in [-0.25, -0.2) is 13.8 Å². The van der Waals surface area contributed by atoms with Gasteiger partial charge in [0.25, 0.3) is 5.91 Å². The molecule has 1 fully saturated rings. The van der Waals surface area contributed by atoms with E-state index in [9.17, 15) is 13.6 Å². The van der Waals surface area contributed by atoms with Gasteiger partial charge in [-0.05, 0) is 37.8 Å². The summed E-state index contributed by atoms with van der Waals surface area (Å²) in [6.07, 6.45) is 3.84. The summed E-state index contributed by atoms with van der Waals surface area (Å²) in [5.74, 6) is -1.66. The Kier molecular flexibility index (Phi) is 7.41. The lowest BCUT2D eigenvalue weighted by Gasteiger charge is -2.25. The highest BCUT2D eigenvalue weighted by molar-refractivity contribution is 7.19. The second-order valence-corrected chi connectivity index (χ2v) is 8.58. The van der Waals surface area contributed by atoms with E-state index in [1.165, 1.54) is 19.2 Å². The van der Waals surface area contributed by atoms with Gasteiger partial charge in [0.15, 0.2) is 5.69 Å². The highest BCUT2D eigenvalue weighted by Crippen LogP contribution is 2.34. The van der Waals surface area contributed by atoms with Gasteiger partial charge in [-0.15, -0.1) is 0 Å². The Labute approximate surface area is 189 Å². The van der Waals surface area contributed by atoms with Gasteiger partial charge in [0.05, 0.1) is 11.3 Å². The molecule has 172 valence electrons. The molecule has 0 aliphatic carbocycles. The van der Waals surface area contributed by atoms with Crippen LogP contribution in [0.5, 0.6) is 0 Å². The number of amidine groups is 1. The van der Waals surface area contributed by atoms with Crippen LogP contribution in [0.2, 0.25) is 0 Å². The van der Waals surface area contributed by atoms with E-state index in [0.717, 1.165) is 43.2 Å². The first-order valence-electron chi connectivity index (χ1n) is 10.2. The van der Waals surface area contributed by atoms with Crippen LogP contribution in [0.1, 0.15) is 35.3 Å². The number of nitrogen functional groups attached to an aromatic ring is 1. The van der Waals surface area contributed by atoms with Crippen molar-refractivity contribution in [2.45, 2.75) is 32.2 Å². The van der Waals surface area contributed by atoms with Crippen LogP contribution in [0, 0.1) is 18.6 Å². The molecule has 0 radical (unpaired) electrons. The van der Waals surface area contributed by atoms with Crippen molar-refractivity contribution in [1.82, 2.24) is 15.2 Å². The molecule has 0 spiro atoms. The third-order valence-corrected chi connectivity index (χ3v) is 6.21. The SMILES string of the molecule is CN=C(/C(=C\N)NC(=O)c1nc(-c2c(F)ccc(C)c2F)sc1N)N1CCC[C@@H](N)CC1. The Balaban J connectivity index is 1.84. The molecule has 1 saturated heterocycles. The van der Waals surface area contributed by atoms with Crippen LogP contribution in [-0.2, 0) is 0 Å². The van der Waals surface area contributed by atoms with Crippen molar-refractivity contribution < 1.29 is 13.6 Å². The van der Waals surface area contributed by atoms with Gasteiger partial charge < -0.3 is 27.4 Å². The number of hydrogen-bond acceptors (Lipinski definition) is 7. The van der Waals surface area contributed by atoms with Gasteiger partial charge >= 0.3 is 0 Å². The molecule has 8 nitrogen and oxygen atoms in total. The molecule has 32 heavy (non-hydrogen) atoms. The van der Waals surface area contributed by atoms with Gasteiger partial charge in [0.2, 0.25) is 0 Å². The molecule has 1 aliphatic rings. The van der Waals surface area contributed by atoms with Crippen molar-refractivity contribution in [3.63, 3.8) is 0 Å². The fourth-order valence-electron chi connectivity index (χ4n) is 3.57. The average Bonchev–Trinajstić information content (AvgIpc) is 3.01. The van der Waals surface area contributed by atoms with E-state index < -0.39 is 17.5 Å². The summed E-state index contributed by atoms with van der Waals surface area (Å²) in [6.45, 7) is 2.92. The Bertz CT molecular complexity index is 1070. The fraction of sp³-hybridized carbons (Fsp3) is 0.381. The van der Waals surface area contributed by atoms with Crippen LogP contribution in [-0.4, -0.2) is 47.8 Å². The second-order valence-electron chi connectivity index (χ2n) is 7.54. The fourth-order valence-corrected chi connectivity index (χ4v) is 4.44. The van der Waals surface area contributed by atoms with Crippen LogP contribution < -0.4 is 22.5 Å². The Hall–Kier alpha value is -3.05. The number of rotatable bonds is 4. The summed E-state index contributed by atoms with van der Waals surface area (Å²) >= 11 is 0.833. The number of nitrogens with one attached hydrogen (secondary N) is 1. The van der Waals surface area contributed by atoms with E-state index in [0.29, 0.717) is 12.4 Å². The minimum atomic E-state index is -0.781. The largest absolute Gasteiger partial charge is 0.403 e. The van der Waals surface area contributed by atoms with Crippen molar-refractivity contribution in [2.75, 3.05) is 25.9 Å². The monoisotopic (exact) mass is 463 g/mol. The third-order valence-electron chi connectivity index (χ3n) is 5.31. The first kappa shape index (κ1) is 23.6. The molecule has 1 amide bonds. The molecule has 0 saturated carbocycles. The second kappa shape index (κ2) is 10.0. The molecule has 0 bridgehead atoms. The molecule has 1 aliphatic heterocycles. The summed E-state index contributed by atoms with van der Waals surface area (Å²) in [7, 11) is 1.61. The van der Waals surface area contributed by atoms with Crippen LogP contribution >= 0.6 is 11.3 Å². The number of likely N-dealkylation sites (tertiary alicyclic amines) is 1. The molecule has 2 heterocycles. The van der Waals surface area contributed by atoms with Gasteiger partial charge in [-0.1, -0.05) is 17.4 Å². The predicted molar refractivity (Wildman–Crippen MR) is 123 cm³/mol. The number of thiazole rings is 1. The normalized spacial score (nSPS) is 17.9. The highest BCUT2D eigenvalue weighted by atomic mass is 32.1. The average molecular weight is 464 g/mol. The maximum atomic E-state index is 14.5. The zero-order valence-electron chi connectivity index (χ0n) is 18.0. The Morgan fingerprint density at radius 3 is 2.78 bits per heavy atom. The molecule has 2 aromatic rings. The Morgan fingerprint density at radius 2 is 2.09 bits per heavy atom. The molecule has 1 aromatic carbocycles. The van der Waals surface area contributed by atoms with Gasteiger partial charge in [-0.3, -0.25) is 9.79 Å². The molecule has 1 atom stereocenters. The van der Waals surface area contributed by atoms with E-state index in [-0.39, 0.29) is 38.6 Å². The molecular formula is C21H27F2N7OS. The number of benzene rings is 1. The standard InChI is InChI=1S/C21H27F2N7OS/c1-11-5-6-13(22)15(16(11)23)21-29-17(18(26)32-21)20(31)28-14(10-24)19(27-2)30-8-3-4-12(25)7-9-30/h5-6,10,12H,3-4,7-9,24-26H2,1-2H3,(H,28,31)/b14-10+,27-19?/t12-/m1/s1. The minimum Gasteiger partial charge on any atom is -0.403 e. The first-order valence-corrected chi connectivity index (χ1v) is 11.0. The number of halogens is 2. The minimum absolute atomic E-state index is 0.0180. The number of nitrogens with two attached hydrogens (primary N) is 3. The summed E-state index contributed by atoms with van der Waals surface area (Å²) in [6, 6.07) is 2.60. The summed E-state index contributed by atoms with van der Waals surface area (Å²) in [5.41, 5.74) is 17.9. The maximum Gasteiger partial charge on any atom is 0.277 e. The smallest absolute Gasteiger partial charge is 0.277 e. The van der Waals surface area contributed by atoms with Gasteiger partial charge in [0.1, 0.15) is 27.5 Å². The number of aryl methyl sites for hydroxylation is 1. The number of nitrogens with zero attached hydrogens (tertiary/aromatic N) is 3. The summed E-state index contributed by atoms with van der Waals surface area (Å²) < 4.78 is 28.8. The quantitative estimate of drug-likeness (QED) is 0.406. The van der Waals surface area contributed by atoms with Crippen molar-refractivity contribution >= 4 is 28.1 Å². The molecule has 7 N–H and O–H groups in total. The predicted octanol–water partition coefficient (Wildman–Crippen LogP) is 2.35. The zero-order chi connectivity index (χ0) is 23.4. The number of hydrogen-bond donors (Lipinski definition) is 4. The molecule has 11 heteroatoms. The zero-order valence-corrected chi connectivity index (χ0v) is 18.8. The maximum absolute atomic E-state index is 14.5. The lowest BCUT2D eigenvalue weighted by atomic mass is 10.1. The van der Waals surface area contributed by atoms with E-state index in [1.807, 2.05) is 4.90 Å². The van der Waals surface area contributed by atoms with Crippen LogP contribution in [0.4, 0.5) is 13.8 Å². The van der Waals surface area contributed by atoms with Gasteiger partial charge in [0, 0.05) is 32.4 Å². The molecule has 3 rings (SSSR count). The lowest BCUT2D eigenvalue weighted by Crippen LogP contribution is -2.40. The first-order chi connectivity index (χ1) is 15.3. The van der Waals surface area contributed by atoms with Gasteiger partial charge in [-0.2, -0.15) is 0 Å². The van der Waals surface area contributed by atoms with Crippen LogP contribution in [0.15, 0.2) is 29.0 Å². The highest BCUT2D eigenvalue weighted by Gasteiger charge is 2.25. The number of aliphatic imine (C=N–C) groups is 1. The van der Waals surface area contributed by atoms with E-state index in [2.05, 4.69) is 15.3 Å². The van der Waals surface area contributed by atoms with Crippen LogP contribution in [0.3, 0.4) is 0 Å². The molecule has 1 aromatic heterocycles. The van der Waals surface area contributed by atoms with E-state index in [1.54, 1.807) is 7.05 Å². The van der Waals surface area contributed by atoms with E-state index in [4.69, 9.17) is 17.2 Å². The number of carbonyl (C=O) groups excluding carboxylic acids is 1. The van der Waals surface area contributed by atoms with Crippen molar-refractivity contribution in [3.8, 4) is 10.6 Å². The van der Waals surface area contributed by atoms with Crippen molar-refractivity contribution in [2.24, 2.45) is 16.5 Å². The summed E-state index contributed by atoms with van der Waals surface area (Å²) in [5, 5.41) is 2.69. The summed E-state index contributed by atoms with van der Waals surface area (Å²) in [4.78, 5) is 23.3. The topological polar surface area (TPSA) is 136 Å². The van der Waals surface area contributed by atoms with Crippen molar-refractivity contribution in [1.29, 1.82) is 0 Å². The van der Waals surface area contributed by atoms with Crippen LogP contribution in [0.25, 0.3) is 10.6 Å². The number of anilines is 1. The molecule has 0 unspecified atom stereocenters. The number of aromatic nitrogens is 1.